The smallest absolute Gasteiger partial charge is 0.306 e. The van der Waals surface area contributed by atoms with E-state index in [0.717, 1.165) is 64.2 Å². The van der Waals surface area contributed by atoms with Crippen molar-refractivity contribution in [3.63, 3.8) is 0 Å². The molecule has 76 heavy (non-hydrogen) atoms. The summed E-state index contributed by atoms with van der Waals surface area (Å²) in [6.07, 6.45) is 78.1. The minimum absolute atomic E-state index is 0.0656. The zero-order valence-corrected chi connectivity index (χ0v) is 51.8. The van der Waals surface area contributed by atoms with Crippen molar-refractivity contribution >= 4 is 17.9 Å². The summed E-state index contributed by atoms with van der Waals surface area (Å²) in [4.78, 5) is 38.4. The van der Waals surface area contributed by atoms with Gasteiger partial charge in [-0.3, -0.25) is 14.4 Å². The third kappa shape index (κ3) is 63.0. The van der Waals surface area contributed by atoms with Crippen LogP contribution in [0.1, 0.15) is 400 Å². The number of allylic oxidation sites excluding steroid dienone is 2. The molecule has 0 aromatic carbocycles. The van der Waals surface area contributed by atoms with Crippen LogP contribution in [0.15, 0.2) is 12.2 Å². The van der Waals surface area contributed by atoms with Crippen LogP contribution in [0.5, 0.6) is 0 Å². The number of hydrogen-bond acceptors (Lipinski definition) is 6. The van der Waals surface area contributed by atoms with Gasteiger partial charge in [-0.15, -0.1) is 0 Å². The first-order valence-corrected chi connectivity index (χ1v) is 34.7. The standard InChI is InChI=1S/C70H134O6/c1-4-7-10-13-16-19-22-25-28-30-32-34-35-36-38-39-42-45-48-51-54-57-60-63-69(72)75-66-67(65-74-68(71)62-59-56-53-50-47-44-41-27-24-21-18-15-12-9-6-3)76-70(73)64-61-58-55-52-49-46-43-40-37-33-31-29-26-23-20-17-14-11-8-5-2/h27,41,67H,4-26,28-40,42-66H2,1-3H3/b41-27-. The Bertz CT molecular complexity index is 1180. The highest BCUT2D eigenvalue weighted by atomic mass is 16.6. The van der Waals surface area contributed by atoms with Gasteiger partial charge < -0.3 is 14.2 Å². The third-order valence-electron chi connectivity index (χ3n) is 16.0. The minimum atomic E-state index is -0.769. The van der Waals surface area contributed by atoms with Crippen LogP contribution in [0.4, 0.5) is 0 Å². The average molecular weight is 1070 g/mol. The summed E-state index contributed by atoms with van der Waals surface area (Å²) >= 11 is 0. The van der Waals surface area contributed by atoms with Crippen molar-refractivity contribution in [1.29, 1.82) is 0 Å². The monoisotopic (exact) mass is 1070 g/mol. The van der Waals surface area contributed by atoms with Gasteiger partial charge in [0.25, 0.3) is 0 Å². The molecule has 1 atom stereocenters. The average Bonchev–Trinajstić information content (AvgIpc) is 3.42. The van der Waals surface area contributed by atoms with E-state index in [-0.39, 0.29) is 31.1 Å². The summed E-state index contributed by atoms with van der Waals surface area (Å²) in [6.45, 7) is 6.72. The van der Waals surface area contributed by atoms with Gasteiger partial charge in [0.15, 0.2) is 6.10 Å². The van der Waals surface area contributed by atoms with Crippen molar-refractivity contribution in [3.05, 3.63) is 12.2 Å². The fourth-order valence-corrected chi connectivity index (χ4v) is 10.8. The predicted octanol–water partition coefficient (Wildman–Crippen LogP) is 23.6. The maximum Gasteiger partial charge on any atom is 0.306 e. The third-order valence-corrected chi connectivity index (χ3v) is 16.0. The van der Waals surface area contributed by atoms with Gasteiger partial charge in [-0.25, -0.2) is 0 Å². The topological polar surface area (TPSA) is 78.9 Å². The molecular weight excluding hydrogens is 937 g/mol. The Hall–Kier alpha value is -1.85. The molecule has 0 saturated heterocycles. The number of carbonyl (C=O) groups is 3. The number of ether oxygens (including phenoxy) is 3. The van der Waals surface area contributed by atoms with E-state index in [0.29, 0.717) is 19.3 Å². The molecule has 6 nitrogen and oxygen atoms in total. The molecule has 0 fully saturated rings. The molecular formula is C70H134O6. The summed E-state index contributed by atoms with van der Waals surface area (Å²) in [5.74, 6) is -0.839. The van der Waals surface area contributed by atoms with Gasteiger partial charge in [-0.2, -0.15) is 0 Å². The zero-order chi connectivity index (χ0) is 55.0. The normalized spacial score (nSPS) is 12.0. The molecule has 0 aliphatic rings. The summed E-state index contributed by atoms with van der Waals surface area (Å²) in [6, 6.07) is 0. The first-order valence-electron chi connectivity index (χ1n) is 34.7. The molecule has 0 aromatic heterocycles. The van der Waals surface area contributed by atoms with Crippen LogP contribution in [-0.4, -0.2) is 37.2 Å². The molecule has 0 aliphatic heterocycles. The van der Waals surface area contributed by atoms with E-state index in [2.05, 4.69) is 32.9 Å². The van der Waals surface area contributed by atoms with E-state index in [1.165, 1.54) is 295 Å². The van der Waals surface area contributed by atoms with Crippen molar-refractivity contribution in [3.8, 4) is 0 Å². The summed E-state index contributed by atoms with van der Waals surface area (Å²) in [7, 11) is 0. The first kappa shape index (κ1) is 74.2. The molecule has 0 amide bonds. The highest BCUT2D eigenvalue weighted by Crippen LogP contribution is 2.19. The Morgan fingerprint density at radius 3 is 0.658 bits per heavy atom. The Labute approximate surface area is 475 Å². The molecule has 0 aliphatic carbocycles. The maximum atomic E-state index is 12.9. The maximum absolute atomic E-state index is 12.9. The molecule has 0 aromatic rings. The molecule has 0 bridgehead atoms. The predicted molar refractivity (Wildman–Crippen MR) is 330 cm³/mol. The summed E-state index contributed by atoms with van der Waals surface area (Å²) in [5.41, 5.74) is 0. The van der Waals surface area contributed by atoms with Crippen LogP contribution in [0, 0.1) is 0 Å². The van der Waals surface area contributed by atoms with E-state index >= 15 is 0 Å². The lowest BCUT2D eigenvalue weighted by Gasteiger charge is -2.18. The number of esters is 3. The fourth-order valence-electron chi connectivity index (χ4n) is 10.8. The van der Waals surface area contributed by atoms with Crippen LogP contribution >= 0.6 is 0 Å². The van der Waals surface area contributed by atoms with E-state index < -0.39 is 6.10 Å². The van der Waals surface area contributed by atoms with E-state index in [9.17, 15) is 14.4 Å². The van der Waals surface area contributed by atoms with Gasteiger partial charge in [0.2, 0.25) is 0 Å². The SMILES string of the molecule is CCCCCCCC/C=C\CCCCCCCC(=O)OCC(COC(=O)CCCCCCCCCCCCCCCCCCCCCCCCC)OC(=O)CCCCCCCCCCCCCCCCCCCCCC. The molecule has 6 heteroatoms. The van der Waals surface area contributed by atoms with Gasteiger partial charge in [-0.05, 0) is 44.9 Å². The number of unbranched alkanes of at least 4 members (excludes halogenated alkanes) is 52. The van der Waals surface area contributed by atoms with E-state index in [1.807, 2.05) is 0 Å². The molecule has 0 N–H and O–H groups in total. The van der Waals surface area contributed by atoms with E-state index in [4.69, 9.17) is 14.2 Å². The van der Waals surface area contributed by atoms with Crippen molar-refractivity contribution in [2.24, 2.45) is 0 Å². The van der Waals surface area contributed by atoms with Crippen molar-refractivity contribution in [1.82, 2.24) is 0 Å². The zero-order valence-electron chi connectivity index (χ0n) is 51.8. The van der Waals surface area contributed by atoms with Gasteiger partial charge in [-0.1, -0.05) is 348 Å². The Morgan fingerprint density at radius 1 is 0.250 bits per heavy atom. The van der Waals surface area contributed by atoms with Gasteiger partial charge in [0.1, 0.15) is 13.2 Å². The van der Waals surface area contributed by atoms with Crippen LogP contribution in [0.3, 0.4) is 0 Å². The second-order valence-corrected chi connectivity index (χ2v) is 23.8. The molecule has 0 radical (unpaired) electrons. The van der Waals surface area contributed by atoms with Crippen molar-refractivity contribution in [2.45, 2.75) is 406 Å². The Balaban J connectivity index is 4.25. The lowest BCUT2D eigenvalue weighted by Crippen LogP contribution is -2.30. The van der Waals surface area contributed by atoms with Crippen molar-refractivity contribution < 1.29 is 28.6 Å². The summed E-state index contributed by atoms with van der Waals surface area (Å²) in [5, 5.41) is 0. The Kier molecular flexibility index (Phi) is 64.1. The number of hydrogen-bond donors (Lipinski definition) is 0. The lowest BCUT2D eigenvalue weighted by molar-refractivity contribution is -0.167. The minimum Gasteiger partial charge on any atom is -0.462 e. The largest absolute Gasteiger partial charge is 0.462 e. The molecule has 0 heterocycles. The second-order valence-electron chi connectivity index (χ2n) is 23.8. The quantitative estimate of drug-likeness (QED) is 0.0261. The van der Waals surface area contributed by atoms with Gasteiger partial charge >= 0.3 is 17.9 Å². The molecule has 0 saturated carbocycles. The van der Waals surface area contributed by atoms with Crippen LogP contribution < -0.4 is 0 Å². The highest BCUT2D eigenvalue weighted by molar-refractivity contribution is 5.71. The number of carbonyl (C=O) groups excluding carboxylic acids is 3. The first-order chi connectivity index (χ1) is 37.5. The van der Waals surface area contributed by atoms with Crippen LogP contribution in [0.25, 0.3) is 0 Å². The molecule has 450 valence electrons. The lowest BCUT2D eigenvalue weighted by atomic mass is 10.0. The number of rotatable bonds is 65. The Morgan fingerprint density at radius 2 is 0.434 bits per heavy atom. The molecule has 0 spiro atoms. The van der Waals surface area contributed by atoms with Crippen LogP contribution in [-0.2, 0) is 28.6 Å². The highest BCUT2D eigenvalue weighted by Gasteiger charge is 2.19. The fraction of sp³-hybridized carbons (Fsp3) is 0.929. The second kappa shape index (κ2) is 65.7. The van der Waals surface area contributed by atoms with E-state index in [1.54, 1.807) is 0 Å². The molecule has 1 unspecified atom stereocenters. The molecule has 0 rings (SSSR count). The van der Waals surface area contributed by atoms with Crippen molar-refractivity contribution in [2.75, 3.05) is 13.2 Å². The van der Waals surface area contributed by atoms with Gasteiger partial charge in [0, 0.05) is 19.3 Å². The van der Waals surface area contributed by atoms with Crippen LogP contribution in [0.2, 0.25) is 0 Å². The van der Waals surface area contributed by atoms with Gasteiger partial charge in [0.05, 0.1) is 0 Å². The summed E-state index contributed by atoms with van der Waals surface area (Å²) < 4.78 is 17.0.